The molecule has 0 aliphatic carbocycles. The Labute approximate surface area is 101 Å². The third-order valence-corrected chi connectivity index (χ3v) is 2.66. The number of H-pyrrole nitrogens is 1. The molecule has 0 spiro atoms. The van der Waals surface area contributed by atoms with Crippen molar-refractivity contribution >= 4 is 0 Å². The first kappa shape index (κ1) is 8.62. The van der Waals surface area contributed by atoms with Crippen molar-refractivity contribution < 1.29 is 19.1 Å². The molecule has 94 valence electrons. The molecule has 17 heavy (non-hydrogen) atoms. The van der Waals surface area contributed by atoms with Crippen LogP contribution >= 0.6 is 0 Å². The number of aryl methyl sites for hydroxylation is 1. The van der Waals surface area contributed by atoms with Crippen LogP contribution in [0.1, 0.15) is 22.3 Å². The number of aliphatic hydroxyl groups is 2. The minimum atomic E-state index is -2.67. The Morgan fingerprint density at radius 2 is 2.47 bits per heavy atom. The van der Waals surface area contributed by atoms with E-state index in [2.05, 4.69) is 0 Å². The van der Waals surface area contributed by atoms with Crippen LogP contribution in [0.3, 0.4) is 0 Å². The molecular formula is C10H14N2O5. The fraction of sp³-hybridized carbons (Fsp3) is 0.600. The summed E-state index contributed by atoms with van der Waals surface area (Å²) in [6.07, 6.45) is -1.84. The van der Waals surface area contributed by atoms with E-state index in [0.717, 1.165) is 10.8 Å². The number of hydrogen-bond acceptors (Lipinski definition) is 5. The molecule has 1 aliphatic rings. The molecule has 2 rings (SSSR count). The monoisotopic (exact) mass is 245 g/mol. The fourth-order valence-electron chi connectivity index (χ4n) is 1.75. The third-order valence-electron chi connectivity index (χ3n) is 2.66. The molecule has 2 heterocycles. The van der Waals surface area contributed by atoms with Gasteiger partial charge in [0.15, 0.2) is 0 Å². The van der Waals surface area contributed by atoms with Crippen molar-refractivity contribution in [2.45, 2.75) is 31.7 Å². The molecule has 0 saturated carbocycles. The normalized spacial score (nSPS) is 31.9. The average molecular weight is 245 g/mol. The lowest BCUT2D eigenvalue weighted by molar-refractivity contribution is -0.0459. The number of nitrogens with one attached hydrogen (secondary N) is 1. The minimum absolute atomic E-state index is 0.0115. The summed E-state index contributed by atoms with van der Waals surface area (Å²) in [6, 6.07) is 0. The van der Waals surface area contributed by atoms with Crippen molar-refractivity contribution in [3.8, 4) is 0 Å². The van der Waals surface area contributed by atoms with Crippen molar-refractivity contribution in [1.82, 2.24) is 9.55 Å². The predicted molar refractivity (Wildman–Crippen MR) is 57.7 cm³/mol. The Balaban J connectivity index is 2.43. The van der Waals surface area contributed by atoms with E-state index in [0.29, 0.717) is 0 Å². The van der Waals surface area contributed by atoms with Crippen LogP contribution in [-0.2, 0) is 4.74 Å². The molecule has 0 bridgehead atoms. The SMILES string of the molecule is [2H]C([2H])([2H])c1cn([C@H]2C[C@H](O)[C@@H](CO)O2)c(=O)[nH]c1=O. The molecule has 7 nitrogen and oxygen atoms in total. The summed E-state index contributed by atoms with van der Waals surface area (Å²) in [7, 11) is 0. The van der Waals surface area contributed by atoms with Gasteiger partial charge < -0.3 is 14.9 Å². The zero-order valence-corrected chi connectivity index (χ0v) is 8.79. The van der Waals surface area contributed by atoms with Crippen LogP contribution < -0.4 is 11.2 Å². The zero-order valence-electron chi connectivity index (χ0n) is 11.8. The van der Waals surface area contributed by atoms with Crippen LogP contribution in [0.15, 0.2) is 15.8 Å². The van der Waals surface area contributed by atoms with Gasteiger partial charge in [-0.1, -0.05) is 0 Å². The summed E-state index contributed by atoms with van der Waals surface area (Å²) in [5.74, 6) is 0. The highest BCUT2D eigenvalue weighted by Crippen LogP contribution is 2.27. The van der Waals surface area contributed by atoms with E-state index >= 15 is 0 Å². The van der Waals surface area contributed by atoms with Gasteiger partial charge in [0, 0.05) is 22.3 Å². The quantitative estimate of drug-likeness (QED) is 0.587. The van der Waals surface area contributed by atoms with Crippen LogP contribution in [0.25, 0.3) is 0 Å². The molecule has 1 saturated heterocycles. The van der Waals surface area contributed by atoms with E-state index in [1.807, 2.05) is 4.98 Å². The second-order valence-corrected chi connectivity index (χ2v) is 3.82. The fourth-order valence-corrected chi connectivity index (χ4v) is 1.75. The summed E-state index contributed by atoms with van der Waals surface area (Å²) in [5.41, 5.74) is -2.36. The number of rotatable bonds is 2. The number of ether oxygens (including phenoxy) is 1. The van der Waals surface area contributed by atoms with Crippen LogP contribution in [0.4, 0.5) is 0 Å². The first-order valence-corrected chi connectivity index (χ1v) is 5.04. The maximum Gasteiger partial charge on any atom is 0.330 e. The number of aromatic amines is 1. The smallest absolute Gasteiger partial charge is 0.330 e. The second-order valence-electron chi connectivity index (χ2n) is 3.82. The van der Waals surface area contributed by atoms with Crippen LogP contribution in [0.2, 0.25) is 0 Å². The first-order valence-electron chi connectivity index (χ1n) is 6.54. The lowest BCUT2D eigenvalue weighted by atomic mass is 10.2. The Morgan fingerprint density at radius 1 is 1.71 bits per heavy atom. The van der Waals surface area contributed by atoms with Gasteiger partial charge in [0.25, 0.3) is 5.56 Å². The van der Waals surface area contributed by atoms with Gasteiger partial charge in [-0.25, -0.2) is 4.79 Å². The Morgan fingerprint density at radius 3 is 3.06 bits per heavy atom. The third kappa shape index (κ3) is 2.17. The largest absolute Gasteiger partial charge is 0.394 e. The molecule has 0 amide bonds. The van der Waals surface area contributed by atoms with Gasteiger partial charge in [0.05, 0.1) is 12.7 Å². The molecule has 1 aliphatic heterocycles. The summed E-state index contributed by atoms with van der Waals surface area (Å²) in [6.45, 7) is -3.10. The lowest BCUT2D eigenvalue weighted by Gasteiger charge is -2.14. The summed E-state index contributed by atoms with van der Waals surface area (Å²) in [4.78, 5) is 25.1. The van der Waals surface area contributed by atoms with Crippen molar-refractivity contribution in [3.63, 3.8) is 0 Å². The minimum Gasteiger partial charge on any atom is -0.394 e. The van der Waals surface area contributed by atoms with E-state index < -0.39 is 48.7 Å². The number of hydrogen-bond donors (Lipinski definition) is 3. The van der Waals surface area contributed by atoms with E-state index in [1.165, 1.54) is 0 Å². The summed E-state index contributed by atoms with van der Waals surface area (Å²) in [5, 5.41) is 18.6. The van der Waals surface area contributed by atoms with Crippen LogP contribution in [-0.4, -0.2) is 38.6 Å². The highest BCUT2D eigenvalue weighted by molar-refractivity contribution is 5.02. The van der Waals surface area contributed by atoms with Gasteiger partial charge in [0.2, 0.25) is 0 Å². The second kappa shape index (κ2) is 4.44. The Hall–Kier alpha value is -1.44. The molecule has 3 atom stereocenters. The van der Waals surface area contributed by atoms with E-state index in [4.69, 9.17) is 14.0 Å². The highest BCUT2D eigenvalue weighted by Gasteiger charge is 2.34. The van der Waals surface area contributed by atoms with Crippen molar-refractivity contribution in [2.24, 2.45) is 0 Å². The lowest BCUT2D eigenvalue weighted by Crippen LogP contribution is -2.33. The number of nitrogens with zero attached hydrogens (tertiary/aromatic N) is 1. The van der Waals surface area contributed by atoms with Crippen LogP contribution in [0, 0.1) is 6.85 Å². The molecule has 0 radical (unpaired) electrons. The van der Waals surface area contributed by atoms with Gasteiger partial charge in [-0.2, -0.15) is 0 Å². The van der Waals surface area contributed by atoms with E-state index in [-0.39, 0.29) is 6.42 Å². The van der Waals surface area contributed by atoms with Crippen molar-refractivity contribution in [3.05, 3.63) is 32.6 Å². The zero-order chi connectivity index (χ0) is 15.1. The number of aliphatic hydroxyl groups excluding tert-OH is 2. The van der Waals surface area contributed by atoms with Gasteiger partial charge in [-0.3, -0.25) is 14.3 Å². The number of aromatic nitrogens is 2. The van der Waals surface area contributed by atoms with Gasteiger partial charge >= 0.3 is 5.69 Å². The molecular weight excluding hydrogens is 228 g/mol. The standard InChI is InChI=1S/C10H14N2O5/c1-5-3-12(10(16)11-9(5)15)8-2-6(14)7(4-13)17-8/h3,6-8,13-14H,2,4H2,1H3,(H,11,15,16)/t6-,7+,8+/m0/s1/i1D3. The predicted octanol–water partition coefficient (Wildman–Crippen LogP) is -1.51. The molecule has 7 heteroatoms. The maximum atomic E-state index is 11.7. The van der Waals surface area contributed by atoms with E-state index in [1.54, 1.807) is 0 Å². The first-order chi connectivity index (χ1) is 9.24. The van der Waals surface area contributed by atoms with Gasteiger partial charge in [-0.05, 0) is 6.85 Å². The molecule has 1 aromatic rings. The summed E-state index contributed by atoms with van der Waals surface area (Å²) < 4.78 is 27.9. The Kier molecular flexibility index (Phi) is 2.25. The molecule has 1 fully saturated rings. The Bertz CT molecular complexity index is 608. The van der Waals surface area contributed by atoms with Crippen LogP contribution in [0.5, 0.6) is 0 Å². The van der Waals surface area contributed by atoms with E-state index in [9.17, 15) is 14.7 Å². The highest BCUT2D eigenvalue weighted by atomic mass is 16.5. The maximum absolute atomic E-state index is 11.7. The molecule has 0 aromatic carbocycles. The van der Waals surface area contributed by atoms with Gasteiger partial charge in [-0.15, -0.1) is 0 Å². The van der Waals surface area contributed by atoms with Crippen molar-refractivity contribution in [2.75, 3.05) is 6.61 Å². The summed E-state index contributed by atoms with van der Waals surface area (Å²) >= 11 is 0. The molecule has 1 aromatic heterocycles. The van der Waals surface area contributed by atoms with Gasteiger partial charge in [0.1, 0.15) is 12.3 Å². The topological polar surface area (TPSA) is 105 Å². The molecule has 3 N–H and O–H groups in total. The van der Waals surface area contributed by atoms with Crippen molar-refractivity contribution in [1.29, 1.82) is 0 Å². The molecule has 0 unspecified atom stereocenters. The average Bonchev–Trinajstić information content (AvgIpc) is 2.68.